The number of halogens is 1. The van der Waals surface area contributed by atoms with Gasteiger partial charge in [0.25, 0.3) is 0 Å². The number of nitrogens with one attached hydrogen (secondary N) is 4. The Bertz CT molecular complexity index is 4200. The highest BCUT2D eigenvalue weighted by atomic mass is 79.9. The van der Waals surface area contributed by atoms with Gasteiger partial charge in [0, 0.05) is 40.2 Å². The first-order valence-electron chi connectivity index (χ1n) is 30.1. The summed E-state index contributed by atoms with van der Waals surface area (Å²) in [7, 11) is -0.381. The fourth-order valence-corrected chi connectivity index (χ4v) is 11.3. The summed E-state index contributed by atoms with van der Waals surface area (Å²) < 4.78 is 28.1. The molecule has 13 rings (SSSR count). The molecule has 4 aromatic heterocycles. The van der Waals surface area contributed by atoms with Gasteiger partial charge in [-0.05, 0) is 164 Å². The Labute approximate surface area is 535 Å². The molecule has 0 radical (unpaired) electrons. The van der Waals surface area contributed by atoms with E-state index in [4.69, 9.17) is 28.8 Å². The van der Waals surface area contributed by atoms with Crippen molar-refractivity contribution in [1.29, 1.82) is 0 Å². The molecule has 3 aliphatic rings. The summed E-state index contributed by atoms with van der Waals surface area (Å²) in [4.78, 5) is 43.7. The molecule has 0 bridgehead atoms. The Morgan fingerprint density at radius 1 is 0.522 bits per heavy atom. The Morgan fingerprint density at radius 2 is 0.933 bits per heavy atom. The zero-order valence-corrected chi connectivity index (χ0v) is 54.3. The number of carbonyl (C=O) groups excluding carboxylic acids is 2. The zero-order valence-electron chi connectivity index (χ0n) is 52.7. The molecule has 10 aromatic rings. The second-order valence-electron chi connectivity index (χ2n) is 25.3. The number of amides is 2. The summed E-state index contributed by atoms with van der Waals surface area (Å²) in [6.07, 6.45) is 2.73. The van der Waals surface area contributed by atoms with Gasteiger partial charge in [-0.25, -0.2) is 29.5 Å². The lowest BCUT2D eigenvalue weighted by Crippen LogP contribution is -2.41. The monoisotopic (exact) mass is 1260 g/mol. The van der Waals surface area contributed by atoms with Crippen LogP contribution in [0.25, 0.3) is 67.9 Å². The predicted molar refractivity (Wildman–Crippen MR) is 362 cm³/mol. The van der Waals surface area contributed by atoms with Crippen LogP contribution in [0.15, 0.2) is 199 Å². The van der Waals surface area contributed by atoms with Crippen molar-refractivity contribution in [2.45, 2.75) is 118 Å². The number of aromatic nitrogens is 6. The molecule has 90 heavy (non-hydrogen) atoms. The van der Waals surface area contributed by atoms with Crippen LogP contribution < -0.4 is 26.7 Å². The standard InChI is InChI=1S/C33H31N5O2.C20H13BrN4.C19H30BNO4/c1-21(35-32(39)40-33(2,3)4)22-16-18-24(19-17-22)29-28(23-11-6-5-7-12-23)37-31-25-13-8-9-14-26(25)36-30-27(38(29)31)15-10-20-34-30;21-18-17(13-7-2-1-3-8-13)24-20-14-9-4-5-10-15(14)23-19-16(25(18)20)11-6-12-22-19;1-13(21-16(22)23-17(2,3)4)14-9-11-15(12-10-14)20-24-18(5,6)19(7,8)25-20/h5-21H,1-4H3,(H,34,36)(H,35,39);1-12H,(H,22,23);9-13H,1-8H3,(H,21,22)/t21-;;13-/m0.0/s1. The van der Waals surface area contributed by atoms with E-state index in [-0.39, 0.29) is 30.4 Å². The Hall–Kier alpha value is -9.36. The maximum Gasteiger partial charge on any atom is 0.494 e. The minimum Gasteiger partial charge on any atom is -0.444 e. The number of carbonyl (C=O) groups is 2. The van der Waals surface area contributed by atoms with Gasteiger partial charge in [0.2, 0.25) is 0 Å². The topological polar surface area (TPSA) is 181 Å². The minimum atomic E-state index is -0.556. The van der Waals surface area contributed by atoms with E-state index in [9.17, 15) is 9.59 Å². The fourth-order valence-electron chi connectivity index (χ4n) is 10.6. The summed E-state index contributed by atoms with van der Waals surface area (Å²) in [5.41, 5.74) is 12.9. The van der Waals surface area contributed by atoms with E-state index < -0.39 is 23.4 Å². The highest BCUT2D eigenvalue weighted by molar-refractivity contribution is 9.10. The SMILES string of the molecule is Brc1c(-c2ccccc2)nc2n1-c1cccnc1Nc1ccccc1-2.C[C@H](NC(=O)OC(C)(C)C)c1ccc(-c2c(-c3ccccc3)nc3n2-c2cccnc2Nc2ccccc2-3)cc1.C[C@H](NC(=O)OC(C)(C)C)c1ccc(B2OC(C)(C)C(C)(C)O2)cc1. The van der Waals surface area contributed by atoms with Crippen molar-refractivity contribution < 1.29 is 28.4 Å². The van der Waals surface area contributed by atoms with Crippen LogP contribution in [0, 0.1) is 0 Å². The second kappa shape index (κ2) is 25.3. The number of benzene rings is 6. The number of rotatable bonds is 8. The van der Waals surface area contributed by atoms with Crippen LogP contribution in [0.2, 0.25) is 0 Å². The van der Waals surface area contributed by atoms with E-state index >= 15 is 0 Å². The maximum absolute atomic E-state index is 12.4. The van der Waals surface area contributed by atoms with Crippen molar-refractivity contribution in [3.8, 4) is 67.9 Å². The smallest absolute Gasteiger partial charge is 0.444 e. The Kier molecular flexibility index (Phi) is 17.5. The summed E-state index contributed by atoms with van der Waals surface area (Å²) in [6, 6.07) is 60.5. The van der Waals surface area contributed by atoms with E-state index in [1.807, 2.05) is 210 Å². The molecule has 2 atom stereocenters. The van der Waals surface area contributed by atoms with Crippen molar-refractivity contribution >= 4 is 63.7 Å². The minimum absolute atomic E-state index is 0.151. The number of para-hydroxylation sites is 2. The molecule has 1 fully saturated rings. The van der Waals surface area contributed by atoms with Gasteiger partial charge in [-0.3, -0.25) is 9.13 Å². The van der Waals surface area contributed by atoms with Crippen LogP contribution >= 0.6 is 15.9 Å². The van der Waals surface area contributed by atoms with Crippen molar-refractivity contribution in [2.75, 3.05) is 10.6 Å². The quantitative estimate of drug-likeness (QED) is 0.106. The van der Waals surface area contributed by atoms with Crippen LogP contribution in [-0.4, -0.2) is 70.8 Å². The van der Waals surface area contributed by atoms with Crippen molar-refractivity contribution in [1.82, 2.24) is 39.7 Å². The molecule has 0 aliphatic carbocycles. The molecule has 18 heteroatoms. The molecule has 1 saturated heterocycles. The van der Waals surface area contributed by atoms with Crippen LogP contribution in [0.3, 0.4) is 0 Å². The molecule has 458 valence electrons. The van der Waals surface area contributed by atoms with Gasteiger partial charge in [-0.1, -0.05) is 133 Å². The van der Waals surface area contributed by atoms with Gasteiger partial charge >= 0.3 is 19.3 Å². The summed E-state index contributed by atoms with van der Waals surface area (Å²) >= 11 is 3.78. The highest BCUT2D eigenvalue weighted by Gasteiger charge is 2.51. The first kappa shape index (κ1) is 62.3. The normalized spacial score (nSPS) is 14.5. The molecule has 2 amide bonds. The van der Waals surface area contributed by atoms with Crippen LogP contribution in [0.5, 0.6) is 0 Å². The molecule has 3 aliphatic heterocycles. The lowest BCUT2D eigenvalue weighted by atomic mass is 9.78. The van der Waals surface area contributed by atoms with Gasteiger partial charge in [0.05, 0.1) is 57.4 Å². The van der Waals surface area contributed by atoms with Crippen molar-refractivity contribution in [3.63, 3.8) is 0 Å². The average Bonchev–Trinajstić information content (AvgIpc) is 1.60. The van der Waals surface area contributed by atoms with Gasteiger partial charge < -0.3 is 40.0 Å². The first-order chi connectivity index (χ1) is 42.9. The molecule has 4 N–H and O–H groups in total. The molecule has 7 heterocycles. The van der Waals surface area contributed by atoms with Crippen LogP contribution in [-0.2, 0) is 18.8 Å². The van der Waals surface area contributed by atoms with E-state index in [0.29, 0.717) is 0 Å². The van der Waals surface area contributed by atoms with Crippen LogP contribution in [0.1, 0.15) is 106 Å². The lowest BCUT2D eigenvalue weighted by Gasteiger charge is -2.32. The maximum atomic E-state index is 12.4. The number of hydrogen-bond donors (Lipinski definition) is 4. The molecule has 0 unspecified atom stereocenters. The van der Waals surface area contributed by atoms with E-state index in [1.54, 1.807) is 12.4 Å². The Balaban J connectivity index is 0.000000146. The summed E-state index contributed by atoms with van der Waals surface area (Å²) in [5.74, 6) is 3.30. The third kappa shape index (κ3) is 13.5. The molecular weight excluding hydrogens is 1190 g/mol. The van der Waals surface area contributed by atoms with Crippen molar-refractivity contribution in [2.24, 2.45) is 0 Å². The van der Waals surface area contributed by atoms with E-state index in [0.717, 1.165) is 112 Å². The van der Waals surface area contributed by atoms with Gasteiger partial charge in [-0.2, -0.15) is 0 Å². The molecule has 0 spiro atoms. The summed E-state index contributed by atoms with van der Waals surface area (Å²) in [5, 5.41) is 12.7. The second-order valence-corrected chi connectivity index (χ2v) is 26.1. The third-order valence-corrected chi connectivity index (χ3v) is 16.5. The predicted octanol–water partition coefficient (Wildman–Crippen LogP) is 16.9. The number of imidazole rings is 2. The number of anilines is 4. The average molecular weight is 1270 g/mol. The van der Waals surface area contributed by atoms with Gasteiger partial charge in [-0.15, -0.1) is 0 Å². The zero-order chi connectivity index (χ0) is 63.7. The number of ether oxygens (including phenoxy) is 2. The Morgan fingerprint density at radius 3 is 1.41 bits per heavy atom. The van der Waals surface area contributed by atoms with Crippen molar-refractivity contribution in [3.05, 3.63) is 210 Å². The van der Waals surface area contributed by atoms with E-state index in [1.165, 1.54) is 0 Å². The summed E-state index contributed by atoms with van der Waals surface area (Å²) in [6.45, 7) is 23.1. The molecule has 6 aromatic carbocycles. The van der Waals surface area contributed by atoms with Gasteiger partial charge in [0.15, 0.2) is 11.6 Å². The molecule has 0 saturated carbocycles. The third-order valence-electron chi connectivity index (χ3n) is 15.8. The largest absolute Gasteiger partial charge is 0.494 e. The number of alkyl carbamates (subject to hydrolysis) is 2. The number of fused-ring (bicyclic) bond motifs is 10. The molecular formula is C72H74BBrN10O6. The van der Waals surface area contributed by atoms with Gasteiger partial charge in [0.1, 0.15) is 33.1 Å². The number of nitrogens with zero attached hydrogens (tertiary/aromatic N) is 6. The van der Waals surface area contributed by atoms with E-state index in [2.05, 4.69) is 111 Å². The first-order valence-corrected chi connectivity index (χ1v) is 30.9. The van der Waals surface area contributed by atoms with Crippen LogP contribution in [0.4, 0.5) is 32.6 Å². The number of hydrogen-bond acceptors (Lipinski definition) is 12. The number of pyridine rings is 2. The molecule has 16 nitrogen and oxygen atoms in total. The highest BCUT2D eigenvalue weighted by Crippen LogP contribution is 2.46. The fraction of sp³-hybridized carbons (Fsp3) is 0.250. The lowest BCUT2D eigenvalue weighted by molar-refractivity contribution is 0.00578.